The predicted molar refractivity (Wildman–Crippen MR) is 114 cm³/mol. The molecule has 0 radical (unpaired) electrons. The van der Waals surface area contributed by atoms with E-state index in [4.69, 9.17) is 0 Å². The third-order valence-corrected chi connectivity index (χ3v) is 7.56. The Labute approximate surface area is 177 Å². The summed E-state index contributed by atoms with van der Waals surface area (Å²) in [6.07, 6.45) is 0.879. The van der Waals surface area contributed by atoms with Crippen LogP contribution in [0.2, 0.25) is 0 Å². The molecule has 0 spiro atoms. The largest absolute Gasteiger partial charge is 0.352 e. The lowest BCUT2D eigenvalue weighted by atomic mass is 9.97. The third kappa shape index (κ3) is 5.06. The SMILES string of the molecule is CNC(C)c1cccc(S(=O)(=O)N2CCC(C(=O)NCc3ccccc3F)CC2)c1. The highest BCUT2D eigenvalue weighted by atomic mass is 32.2. The monoisotopic (exact) mass is 433 g/mol. The minimum Gasteiger partial charge on any atom is -0.352 e. The first-order chi connectivity index (χ1) is 14.3. The lowest BCUT2D eigenvalue weighted by Crippen LogP contribution is -2.42. The molecule has 6 nitrogen and oxygen atoms in total. The Balaban J connectivity index is 1.59. The van der Waals surface area contributed by atoms with E-state index in [-0.39, 0.29) is 48.2 Å². The van der Waals surface area contributed by atoms with Gasteiger partial charge in [0, 0.05) is 37.2 Å². The van der Waals surface area contributed by atoms with Crippen LogP contribution in [0.5, 0.6) is 0 Å². The van der Waals surface area contributed by atoms with Gasteiger partial charge in [0.05, 0.1) is 4.90 Å². The maximum absolute atomic E-state index is 13.7. The fraction of sp³-hybridized carbons (Fsp3) is 0.409. The van der Waals surface area contributed by atoms with Gasteiger partial charge in [-0.2, -0.15) is 4.31 Å². The summed E-state index contributed by atoms with van der Waals surface area (Å²) in [5.41, 5.74) is 1.34. The molecule has 2 aromatic carbocycles. The van der Waals surface area contributed by atoms with Gasteiger partial charge in [-0.25, -0.2) is 12.8 Å². The van der Waals surface area contributed by atoms with E-state index in [1.165, 1.54) is 10.4 Å². The molecule has 1 heterocycles. The van der Waals surface area contributed by atoms with Crippen LogP contribution in [0.25, 0.3) is 0 Å². The Bertz CT molecular complexity index is 989. The second-order valence-electron chi connectivity index (χ2n) is 7.57. The molecule has 2 N–H and O–H groups in total. The van der Waals surface area contributed by atoms with Crippen LogP contribution in [-0.4, -0.2) is 38.8 Å². The topological polar surface area (TPSA) is 78.5 Å². The summed E-state index contributed by atoms with van der Waals surface area (Å²) in [6.45, 7) is 2.66. The zero-order chi connectivity index (χ0) is 21.7. The van der Waals surface area contributed by atoms with Crippen molar-refractivity contribution in [3.05, 3.63) is 65.5 Å². The molecule has 1 amide bonds. The molecule has 8 heteroatoms. The maximum atomic E-state index is 13.7. The average molecular weight is 434 g/mol. The van der Waals surface area contributed by atoms with Crippen molar-refractivity contribution < 1.29 is 17.6 Å². The van der Waals surface area contributed by atoms with Crippen molar-refractivity contribution in [2.75, 3.05) is 20.1 Å². The number of halogens is 1. The zero-order valence-electron chi connectivity index (χ0n) is 17.3. The molecule has 30 heavy (non-hydrogen) atoms. The number of benzene rings is 2. The van der Waals surface area contributed by atoms with Gasteiger partial charge in [0.15, 0.2) is 0 Å². The van der Waals surface area contributed by atoms with E-state index in [0.717, 1.165) is 5.56 Å². The maximum Gasteiger partial charge on any atom is 0.243 e. The minimum atomic E-state index is -3.61. The number of carbonyl (C=O) groups excluding carboxylic acids is 1. The molecule has 1 unspecified atom stereocenters. The molecule has 1 fully saturated rings. The third-order valence-electron chi connectivity index (χ3n) is 5.66. The summed E-state index contributed by atoms with van der Waals surface area (Å²) in [4.78, 5) is 12.7. The number of nitrogens with one attached hydrogen (secondary N) is 2. The fourth-order valence-electron chi connectivity index (χ4n) is 3.59. The molecule has 3 rings (SSSR count). The van der Waals surface area contributed by atoms with Crippen molar-refractivity contribution >= 4 is 15.9 Å². The van der Waals surface area contributed by atoms with Gasteiger partial charge in [0.1, 0.15) is 5.82 Å². The summed E-state index contributed by atoms with van der Waals surface area (Å²) in [5, 5.41) is 5.88. The first-order valence-corrected chi connectivity index (χ1v) is 11.6. The molecular formula is C22H28FN3O3S. The predicted octanol–water partition coefficient (Wildman–Crippen LogP) is 2.82. The van der Waals surface area contributed by atoms with Crippen molar-refractivity contribution in [1.82, 2.24) is 14.9 Å². The smallest absolute Gasteiger partial charge is 0.243 e. The van der Waals surface area contributed by atoms with Gasteiger partial charge >= 0.3 is 0 Å². The Morgan fingerprint density at radius 2 is 1.87 bits per heavy atom. The molecule has 0 saturated carbocycles. The quantitative estimate of drug-likeness (QED) is 0.704. The Kier molecular flexibility index (Phi) is 7.23. The minimum absolute atomic E-state index is 0.0454. The molecule has 0 aliphatic carbocycles. The van der Waals surface area contributed by atoms with Crippen molar-refractivity contribution in [2.24, 2.45) is 5.92 Å². The number of piperidine rings is 1. The first-order valence-electron chi connectivity index (χ1n) is 10.1. The van der Waals surface area contributed by atoms with Gasteiger partial charge in [0.25, 0.3) is 0 Å². The molecular weight excluding hydrogens is 405 g/mol. The van der Waals surface area contributed by atoms with Crippen LogP contribution in [0.1, 0.15) is 36.9 Å². The molecule has 1 aliphatic rings. The van der Waals surface area contributed by atoms with Crippen LogP contribution < -0.4 is 10.6 Å². The Hall–Kier alpha value is -2.29. The van der Waals surface area contributed by atoms with E-state index in [1.807, 2.05) is 20.0 Å². The molecule has 2 aromatic rings. The van der Waals surface area contributed by atoms with Gasteiger partial charge in [-0.05, 0) is 50.6 Å². The van der Waals surface area contributed by atoms with E-state index in [2.05, 4.69) is 10.6 Å². The molecule has 1 aliphatic heterocycles. The fourth-order valence-corrected chi connectivity index (χ4v) is 5.11. The van der Waals surface area contributed by atoms with E-state index < -0.39 is 10.0 Å². The molecule has 1 saturated heterocycles. The number of carbonyl (C=O) groups is 1. The molecule has 0 bridgehead atoms. The van der Waals surface area contributed by atoms with Crippen molar-refractivity contribution in [3.63, 3.8) is 0 Å². The van der Waals surface area contributed by atoms with E-state index in [9.17, 15) is 17.6 Å². The number of rotatable bonds is 7. The lowest BCUT2D eigenvalue weighted by Gasteiger charge is -2.30. The highest BCUT2D eigenvalue weighted by Crippen LogP contribution is 2.26. The summed E-state index contributed by atoms with van der Waals surface area (Å²) in [6, 6.07) is 13.3. The Morgan fingerprint density at radius 3 is 2.53 bits per heavy atom. The highest BCUT2D eigenvalue weighted by Gasteiger charge is 2.32. The van der Waals surface area contributed by atoms with Gasteiger partial charge in [-0.15, -0.1) is 0 Å². The molecule has 162 valence electrons. The lowest BCUT2D eigenvalue weighted by molar-refractivity contribution is -0.126. The van der Waals surface area contributed by atoms with Crippen LogP contribution in [0.15, 0.2) is 53.4 Å². The highest BCUT2D eigenvalue weighted by molar-refractivity contribution is 7.89. The van der Waals surface area contributed by atoms with E-state index in [0.29, 0.717) is 18.4 Å². The van der Waals surface area contributed by atoms with Gasteiger partial charge in [0.2, 0.25) is 15.9 Å². The van der Waals surface area contributed by atoms with Crippen molar-refractivity contribution in [1.29, 1.82) is 0 Å². The zero-order valence-corrected chi connectivity index (χ0v) is 18.1. The summed E-state index contributed by atoms with van der Waals surface area (Å²) in [5.74, 6) is -0.799. The number of hydrogen-bond acceptors (Lipinski definition) is 4. The van der Waals surface area contributed by atoms with Crippen molar-refractivity contribution in [3.8, 4) is 0 Å². The average Bonchev–Trinajstić information content (AvgIpc) is 2.78. The summed E-state index contributed by atoms with van der Waals surface area (Å²) < 4.78 is 41.2. The number of nitrogens with zero attached hydrogens (tertiary/aromatic N) is 1. The standard InChI is InChI=1S/C22H28FN3O3S/c1-16(24-2)18-7-5-8-20(14-18)30(28,29)26-12-10-17(11-13-26)22(27)25-15-19-6-3-4-9-21(19)23/h3-9,14,16-17,24H,10-13,15H2,1-2H3,(H,25,27). The van der Waals surface area contributed by atoms with Crippen molar-refractivity contribution in [2.45, 2.75) is 37.2 Å². The van der Waals surface area contributed by atoms with Gasteiger partial charge < -0.3 is 10.6 Å². The summed E-state index contributed by atoms with van der Waals surface area (Å²) in [7, 11) is -1.78. The van der Waals surface area contributed by atoms with Gasteiger partial charge in [-0.1, -0.05) is 30.3 Å². The van der Waals surface area contributed by atoms with Crippen LogP contribution in [0.3, 0.4) is 0 Å². The summed E-state index contributed by atoms with van der Waals surface area (Å²) >= 11 is 0. The van der Waals surface area contributed by atoms with Gasteiger partial charge in [-0.3, -0.25) is 4.79 Å². The normalized spacial score (nSPS) is 16.9. The number of amides is 1. The van der Waals surface area contributed by atoms with E-state index in [1.54, 1.807) is 36.4 Å². The van der Waals surface area contributed by atoms with E-state index >= 15 is 0 Å². The first kappa shape index (κ1) is 22.4. The number of sulfonamides is 1. The van der Waals surface area contributed by atoms with Crippen LogP contribution >= 0.6 is 0 Å². The molecule has 0 aromatic heterocycles. The van der Waals surface area contributed by atoms with Crippen LogP contribution in [0, 0.1) is 11.7 Å². The second-order valence-corrected chi connectivity index (χ2v) is 9.51. The van der Waals surface area contributed by atoms with Crippen LogP contribution in [-0.2, 0) is 21.4 Å². The molecule has 1 atom stereocenters. The Morgan fingerprint density at radius 1 is 1.17 bits per heavy atom. The second kappa shape index (κ2) is 9.68. The van der Waals surface area contributed by atoms with Crippen LogP contribution in [0.4, 0.5) is 4.39 Å². The number of hydrogen-bond donors (Lipinski definition) is 2.